The third-order valence-electron chi connectivity index (χ3n) is 2.94. The van der Waals surface area contributed by atoms with E-state index >= 15 is 0 Å². The Hall–Kier alpha value is -2.56. The molecular formula is C13H13F3N4O3S. The number of furan rings is 1. The number of nitrogens with one attached hydrogen (secondary N) is 3. The van der Waals surface area contributed by atoms with Gasteiger partial charge >= 0.3 is 6.18 Å². The summed E-state index contributed by atoms with van der Waals surface area (Å²) in [5, 5.41) is 8.00. The molecule has 0 saturated heterocycles. The summed E-state index contributed by atoms with van der Waals surface area (Å²) >= 11 is 0.662. The minimum atomic E-state index is -4.57. The van der Waals surface area contributed by atoms with Crippen molar-refractivity contribution in [1.82, 2.24) is 10.3 Å². The highest BCUT2D eigenvalue weighted by molar-refractivity contribution is 7.13. The Bertz CT molecular complexity index is 754. The van der Waals surface area contributed by atoms with Gasteiger partial charge in [0, 0.05) is 25.0 Å². The van der Waals surface area contributed by atoms with Crippen molar-refractivity contribution in [2.75, 3.05) is 24.7 Å². The van der Waals surface area contributed by atoms with Crippen LogP contribution in [-0.2, 0) is 17.4 Å². The number of hydrogen-bond donors (Lipinski definition) is 3. The van der Waals surface area contributed by atoms with Crippen molar-refractivity contribution in [2.24, 2.45) is 0 Å². The van der Waals surface area contributed by atoms with Gasteiger partial charge in [0.1, 0.15) is 5.56 Å². The number of anilines is 2. The fraction of sp³-hybridized carbons (Fsp3) is 0.308. The van der Waals surface area contributed by atoms with Crippen molar-refractivity contribution >= 4 is 34.2 Å². The van der Waals surface area contributed by atoms with E-state index < -0.39 is 23.7 Å². The van der Waals surface area contributed by atoms with E-state index in [0.717, 1.165) is 5.38 Å². The van der Waals surface area contributed by atoms with E-state index in [1.54, 1.807) is 7.05 Å². The highest BCUT2D eigenvalue weighted by atomic mass is 32.1. The first kappa shape index (κ1) is 17.8. The van der Waals surface area contributed by atoms with Crippen molar-refractivity contribution in [3.63, 3.8) is 0 Å². The van der Waals surface area contributed by atoms with Gasteiger partial charge in [0.05, 0.1) is 12.7 Å². The van der Waals surface area contributed by atoms with Gasteiger partial charge in [-0.2, -0.15) is 13.2 Å². The second-order valence-corrected chi connectivity index (χ2v) is 5.41. The summed E-state index contributed by atoms with van der Waals surface area (Å²) in [5.74, 6) is -0.887. The molecule has 0 spiro atoms. The smallest absolute Gasteiger partial charge is 0.434 e. The van der Waals surface area contributed by atoms with Crippen LogP contribution in [-0.4, -0.2) is 30.9 Å². The van der Waals surface area contributed by atoms with Gasteiger partial charge < -0.3 is 20.4 Å². The predicted molar refractivity (Wildman–Crippen MR) is 81.1 cm³/mol. The van der Waals surface area contributed by atoms with Crippen LogP contribution in [0.2, 0.25) is 0 Å². The van der Waals surface area contributed by atoms with Crippen LogP contribution in [0.3, 0.4) is 0 Å². The number of halogens is 3. The zero-order chi connectivity index (χ0) is 17.9. The molecule has 2 aromatic heterocycles. The van der Waals surface area contributed by atoms with Crippen molar-refractivity contribution in [3.05, 3.63) is 28.5 Å². The topological polar surface area (TPSA) is 96.3 Å². The molecule has 130 valence electrons. The van der Waals surface area contributed by atoms with Crippen molar-refractivity contribution in [1.29, 1.82) is 0 Å². The maximum Gasteiger partial charge on any atom is 0.434 e. The Morgan fingerprint density at radius 1 is 1.33 bits per heavy atom. The number of carbonyl (C=O) groups is 2. The Kier molecular flexibility index (Phi) is 5.12. The quantitative estimate of drug-likeness (QED) is 0.759. The third-order valence-corrected chi connectivity index (χ3v) is 3.70. The van der Waals surface area contributed by atoms with Crippen molar-refractivity contribution in [2.45, 2.75) is 12.6 Å². The molecule has 2 heterocycles. The second kappa shape index (κ2) is 6.91. The highest BCUT2D eigenvalue weighted by Crippen LogP contribution is 2.31. The van der Waals surface area contributed by atoms with Gasteiger partial charge in [-0.05, 0) is 0 Å². The Morgan fingerprint density at radius 2 is 2.04 bits per heavy atom. The number of alkyl halides is 3. The molecule has 0 aliphatic carbocycles. The average Bonchev–Trinajstić information content (AvgIpc) is 3.12. The summed E-state index contributed by atoms with van der Waals surface area (Å²) in [7, 11) is 2.97. The third kappa shape index (κ3) is 3.85. The van der Waals surface area contributed by atoms with Gasteiger partial charge in [0.2, 0.25) is 11.8 Å². The first-order valence-electron chi connectivity index (χ1n) is 6.59. The Balaban J connectivity index is 2.12. The van der Waals surface area contributed by atoms with Crippen molar-refractivity contribution in [3.8, 4) is 0 Å². The van der Waals surface area contributed by atoms with E-state index in [2.05, 4.69) is 20.9 Å². The fourth-order valence-electron chi connectivity index (χ4n) is 1.88. The van der Waals surface area contributed by atoms with Crippen LogP contribution in [0.25, 0.3) is 0 Å². The molecule has 0 saturated carbocycles. The summed E-state index contributed by atoms with van der Waals surface area (Å²) in [6.45, 7) is 0. The van der Waals surface area contributed by atoms with Gasteiger partial charge in [0.15, 0.2) is 10.8 Å². The average molecular weight is 362 g/mol. The van der Waals surface area contributed by atoms with Gasteiger partial charge in [0.25, 0.3) is 5.91 Å². The number of amides is 2. The number of aromatic nitrogens is 1. The van der Waals surface area contributed by atoms with Crippen LogP contribution in [0.1, 0.15) is 21.6 Å². The number of carbonyl (C=O) groups excluding carboxylic acids is 2. The lowest BCUT2D eigenvalue weighted by atomic mass is 10.1. The Morgan fingerprint density at radius 3 is 2.58 bits per heavy atom. The molecule has 0 aliphatic heterocycles. The first-order chi connectivity index (χ1) is 11.3. The van der Waals surface area contributed by atoms with Crippen molar-refractivity contribution < 1.29 is 27.2 Å². The summed E-state index contributed by atoms with van der Waals surface area (Å²) < 4.78 is 42.6. The lowest BCUT2D eigenvalue weighted by Crippen LogP contribution is -2.22. The van der Waals surface area contributed by atoms with E-state index in [4.69, 9.17) is 4.42 Å². The molecule has 24 heavy (non-hydrogen) atoms. The molecule has 0 radical (unpaired) electrons. The second-order valence-electron chi connectivity index (χ2n) is 4.55. The van der Waals surface area contributed by atoms with Crippen LogP contribution in [0.5, 0.6) is 0 Å². The molecule has 3 N–H and O–H groups in total. The van der Waals surface area contributed by atoms with Gasteiger partial charge in [-0.1, -0.05) is 0 Å². The standard InChI is InChI=1S/C13H13F3N4O3S/c1-17-10(22)9-6(4-23-11(9)18-2)3-8(21)20-12-19-7(5-24-12)13(14,15)16/h4-5,18H,3H2,1-2H3,(H,17,22)(H,19,20,21). The molecule has 0 fully saturated rings. The van der Waals surface area contributed by atoms with Crippen LogP contribution < -0.4 is 16.0 Å². The fourth-order valence-corrected chi connectivity index (χ4v) is 2.61. The molecule has 2 rings (SSSR count). The molecule has 2 aromatic rings. The highest BCUT2D eigenvalue weighted by Gasteiger charge is 2.34. The van der Waals surface area contributed by atoms with Crippen LogP contribution >= 0.6 is 11.3 Å². The maximum absolute atomic E-state index is 12.5. The number of rotatable bonds is 5. The number of nitrogens with zero attached hydrogens (tertiary/aromatic N) is 1. The van der Waals surface area contributed by atoms with E-state index in [0.29, 0.717) is 16.9 Å². The van der Waals surface area contributed by atoms with E-state index in [1.165, 1.54) is 13.3 Å². The minimum Gasteiger partial charge on any atom is -0.448 e. The largest absolute Gasteiger partial charge is 0.448 e. The van der Waals surface area contributed by atoms with E-state index in [1.807, 2.05) is 0 Å². The summed E-state index contributed by atoms with van der Waals surface area (Å²) in [4.78, 5) is 27.1. The summed E-state index contributed by atoms with van der Waals surface area (Å²) in [6.07, 6.45) is -3.59. The summed E-state index contributed by atoms with van der Waals surface area (Å²) in [6, 6.07) is 0. The lowest BCUT2D eigenvalue weighted by Gasteiger charge is -2.04. The molecule has 0 aliphatic rings. The number of thiazole rings is 1. The van der Waals surface area contributed by atoms with Gasteiger partial charge in [-0.25, -0.2) is 4.98 Å². The molecule has 0 atom stereocenters. The van der Waals surface area contributed by atoms with Crippen LogP contribution in [0.15, 0.2) is 16.1 Å². The van der Waals surface area contributed by atoms with E-state index in [9.17, 15) is 22.8 Å². The molecule has 0 bridgehead atoms. The van der Waals surface area contributed by atoms with Crippen LogP contribution in [0.4, 0.5) is 24.2 Å². The molecular weight excluding hydrogens is 349 g/mol. The SMILES string of the molecule is CNC(=O)c1c(CC(=O)Nc2nc(C(F)(F)F)cs2)coc1NC. The molecule has 0 aromatic carbocycles. The zero-order valence-electron chi connectivity index (χ0n) is 12.6. The number of hydrogen-bond acceptors (Lipinski definition) is 6. The Labute approximate surface area is 138 Å². The monoisotopic (exact) mass is 362 g/mol. The predicted octanol–water partition coefficient (Wildman–Crippen LogP) is 2.34. The zero-order valence-corrected chi connectivity index (χ0v) is 13.4. The molecule has 2 amide bonds. The normalized spacial score (nSPS) is 11.2. The first-order valence-corrected chi connectivity index (χ1v) is 7.47. The van der Waals surface area contributed by atoms with Gasteiger partial charge in [-0.15, -0.1) is 11.3 Å². The summed E-state index contributed by atoms with van der Waals surface area (Å²) in [5.41, 5.74) is -0.622. The molecule has 11 heteroatoms. The lowest BCUT2D eigenvalue weighted by molar-refractivity contribution is -0.140. The minimum absolute atomic E-state index is 0.158. The molecule has 7 nitrogen and oxygen atoms in total. The maximum atomic E-state index is 12.5. The molecule has 0 unspecified atom stereocenters. The van der Waals surface area contributed by atoms with E-state index in [-0.39, 0.29) is 23.0 Å². The van der Waals surface area contributed by atoms with Crippen LogP contribution in [0, 0.1) is 0 Å². The van der Waals surface area contributed by atoms with Gasteiger partial charge in [-0.3, -0.25) is 9.59 Å².